The van der Waals surface area contributed by atoms with Crippen LogP contribution in [0.15, 0.2) is 0 Å². The Morgan fingerprint density at radius 1 is 1.33 bits per heavy atom. The first-order valence-electron chi connectivity index (χ1n) is 5.01. The van der Waals surface area contributed by atoms with E-state index in [2.05, 4.69) is 6.92 Å². The number of carbonyl (C=O) groups is 1. The number of carbonyl (C=O) groups excluding carboxylic acids is 1. The third kappa shape index (κ3) is 7.88. The number of nitrogens with zero attached hydrogens (tertiary/aromatic N) is 1. The Morgan fingerprint density at radius 3 is 2.13 bits per heavy atom. The third-order valence-corrected chi connectivity index (χ3v) is 2.23. The van der Waals surface area contributed by atoms with Crippen LogP contribution in [0.4, 0.5) is 0 Å². The van der Waals surface area contributed by atoms with Gasteiger partial charge in [-0.2, -0.15) is 0 Å². The summed E-state index contributed by atoms with van der Waals surface area (Å²) in [6.07, 6.45) is 2.15. The van der Waals surface area contributed by atoms with Crippen molar-refractivity contribution in [3.05, 3.63) is 0 Å². The van der Waals surface area contributed by atoms with Crippen LogP contribution in [0.3, 0.4) is 0 Å². The molecule has 0 saturated carbocycles. The zero-order valence-electron chi connectivity index (χ0n) is 10.0. The molecule has 0 spiro atoms. The third-order valence-electron chi connectivity index (χ3n) is 2.23. The number of hydrogen-bond donors (Lipinski definition) is 1. The van der Waals surface area contributed by atoms with Gasteiger partial charge in [0.2, 0.25) is 5.91 Å². The van der Waals surface area contributed by atoms with Gasteiger partial charge in [0.25, 0.3) is 0 Å². The molecule has 2 N–H and O–H groups in total. The second-order valence-corrected chi connectivity index (χ2v) is 3.88. The summed E-state index contributed by atoms with van der Waals surface area (Å²) in [7, 11) is 1.82. The minimum Gasteiger partial charge on any atom is -0.344 e. The van der Waals surface area contributed by atoms with E-state index in [1.807, 2.05) is 20.9 Å². The van der Waals surface area contributed by atoms with Gasteiger partial charge < -0.3 is 10.6 Å². The second kappa shape index (κ2) is 10.5. The minimum absolute atomic E-state index is 0. The van der Waals surface area contributed by atoms with Crippen LogP contribution >= 0.6 is 24.8 Å². The molecule has 0 heterocycles. The van der Waals surface area contributed by atoms with E-state index in [-0.39, 0.29) is 42.7 Å². The van der Waals surface area contributed by atoms with Gasteiger partial charge in [0.1, 0.15) is 0 Å². The smallest absolute Gasteiger partial charge is 0.239 e. The molecule has 0 aromatic carbocycles. The molecule has 0 radical (unpaired) electrons. The highest BCUT2D eigenvalue weighted by Crippen LogP contribution is 2.03. The van der Waals surface area contributed by atoms with Gasteiger partial charge in [-0.25, -0.2) is 0 Å². The van der Waals surface area contributed by atoms with E-state index < -0.39 is 0 Å². The summed E-state index contributed by atoms with van der Waals surface area (Å²) in [5.74, 6) is 0.278. The summed E-state index contributed by atoms with van der Waals surface area (Å²) in [6, 6.07) is -0.346. The largest absolute Gasteiger partial charge is 0.344 e. The summed E-state index contributed by atoms with van der Waals surface area (Å²) in [5, 5.41) is 0. The maximum atomic E-state index is 11.6. The SMILES string of the molecule is CCCCN(C)C(=O)[C@@H](N)C(C)C.Cl.Cl. The molecular formula is C10H24Cl2N2O. The van der Waals surface area contributed by atoms with Crippen molar-refractivity contribution in [3.63, 3.8) is 0 Å². The van der Waals surface area contributed by atoms with E-state index in [9.17, 15) is 4.79 Å². The molecule has 0 bridgehead atoms. The van der Waals surface area contributed by atoms with Gasteiger partial charge in [0.05, 0.1) is 6.04 Å². The van der Waals surface area contributed by atoms with Crippen molar-refractivity contribution in [1.29, 1.82) is 0 Å². The van der Waals surface area contributed by atoms with Crippen molar-refractivity contribution >= 4 is 30.7 Å². The molecule has 94 valence electrons. The highest BCUT2D eigenvalue weighted by molar-refractivity contribution is 5.85. The molecule has 1 amide bonds. The topological polar surface area (TPSA) is 46.3 Å². The summed E-state index contributed by atoms with van der Waals surface area (Å²) in [6.45, 7) is 6.86. The Kier molecular flexibility index (Phi) is 14.3. The molecule has 0 saturated heterocycles. The molecule has 0 aromatic rings. The van der Waals surface area contributed by atoms with Gasteiger partial charge in [-0.3, -0.25) is 4.79 Å². The average molecular weight is 259 g/mol. The zero-order valence-corrected chi connectivity index (χ0v) is 11.7. The zero-order chi connectivity index (χ0) is 10.4. The normalized spacial score (nSPS) is 11.3. The molecule has 3 nitrogen and oxygen atoms in total. The molecule has 0 aliphatic heterocycles. The molecule has 0 aliphatic rings. The van der Waals surface area contributed by atoms with Crippen LogP contribution < -0.4 is 5.73 Å². The van der Waals surface area contributed by atoms with Crippen LogP contribution in [0.5, 0.6) is 0 Å². The Labute approximate surface area is 106 Å². The van der Waals surface area contributed by atoms with Gasteiger partial charge in [-0.05, 0) is 12.3 Å². The summed E-state index contributed by atoms with van der Waals surface area (Å²) in [4.78, 5) is 13.3. The van der Waals surface area contributed by atoms with Gasteiger partial charge >= 0.3 is 0 Å². The molecule has 0 rings (SSSR count). The molecule has 5 heteroatoms. The van der Waals surface area contributed by atoms with E-state index in [1.165, 1.54) is 0 Å². The molecule has 0 aromatic heterocycles. The van der Waals surface area contributed by atoms with Crippen LogP contribution in [0, 0.1) is 5.92 Å². The lowest BCUT2D eigenvalue weighted by Gasteiger charge is -2.23. The number of unbranched alkanes of at least 4 members (excludes halogenated alkanes) is 1. The highest BCUT2D eigenvalue weighted by atomic mass is 35.5. The Bertz CT molecular complexity index is 166. The van der Waals surface area contributed by atoms with Crippen molar-refractivity contribution < 1.29 is 4.79 Å². The van der Waals surface area contributed by atoms with E-state index >= 15 is 0 Å². The van der Waals surface area contributed by atoms with Gasteiger partial charge in [0.15, 0.2) is 0 Å². The Morgan fingerprint density at radius 2 is 1.80 bits per heavy atom. The number of halogens is 2. The van der Waals surface area contributed by atoms with Crippen molar-refractivity contribution in [2.45, 2.75) is 39.7 Å². The fourth-order valence-electron chi connectivity index (χ4n) is 1.05. The summed E-state index contributed by atoms with van der Waals surface area (Å²) in [5.41, 5.74) is 5.74. The lowest BCUT2D eigenvalue weighted by Crippen LogP contribution is -2.45. The van der Waals surface area contributed by atoms with Crippen LogP contribution in [0.2, 0.25) is 0 Å². The Balaban J connectivity index is -0.000000720. The quantitative estimate of drug-likeness (QED) is 0.821. The first-order valence-corrected chi connectivity index (χ1v) is 5.01. The number of nitrogens with two attached hydrogens (primary N) is 1. The average Bonchev–Trinajstić information content (AvgIpc) is 2.11. The Hall–Kier alpha value is 0.01000. The fraction of sp³-hybridized carbons (Fsp3) is 0.900. The van der Waals surface area contributed by atoms with E-state index in [0.29, 0.717) is 0 Å². The fourth-order valence-corrected chi connectivity index (χ4v) is 1.05. The van der Waals surface area contributed by atoms with Crippen LogP contribution in [-0.2, 0) is 4.79 Å². The number of hydrogen-bond acceptors (Lipinski definition) is 2. The van der Waals surface area contributed by atoms with E-state index in [1.54, 1.807) is 4.90 Å². The predicted octanol–water partition coefficient (Wildman–Crippen LogP) is 2.07. The number of amides is 1. The molecular weight excluding hydrogens is 235 g/mol. The monoisotopic (exact) mass is 258 g/mol. The first-order chi connectivity index (χ1) is 6.00. The first kappa shape index (κ1) is 20.4. The minimum atomic E-state index is -0.346. The lowest BCUT2D eigenvalue weighted by molar-refractivity contribution is -0.132. The molecule has 0 unspecified atom stereocenters. The van der Waals surface area contributed by atoms with Gasteiger partial charge in [-0.15, -0.1) is 24.8 Å². The van der Waals surface area contributed by atoms with Crippen molar-refractivity contribution in [2.24, 2.45) is 11.7 Å². The van der Waals surface area contributed by atoms with Crippen LogP contribution in [0.1, 0.15) is 33.6 Å². The molecule has 0 fully saturated rings. The number of rotatable bonds is 5. The van der Waals surface area contributed by atoms with Crippen molar-refractivity contribution in [3.8, 4) is 0 Å². The maximum absolute atomic E-state index is 11.6. The highest BCUT2D eigenvalue weighted by Gasteiger charge is 2.20. The van der Waals surface area contributed by atoms with Gasteiger partial charge in [-0.1, -0.05) is 27.2 Å². The van der Waals surface area contributed by atoms with Crippen molar-refractivity contribution in [1.82, 2.24) is 4.90 Å². The molecule has 1 atom stereocenters. The second-order valence-electron chi connectivity index (χ2n) is 3.88. The number of likely N-dealkylation sites (N-methyl/N-ethyl adjacent to an activating group) is 1. The van der Waals surface area contributed by atoms with Crippen molar-refractivity contribution in [2.75, 3.05) is 13.6 Å². The van der Waals surface area contributed by atoms with Crippen LogP contribution in [-0.4, -0.2) is 30.4 Å². The van der Waals surface area contributed by atoms with Gasteiger partial charge in [0, 0.05) is 13.6 Å². The predicted molar refractivity (Wildman–Crippen MR) is 69.9 cm³/mol. The van der Waals surface area contributed by atoms with Crippen LogP contribution in [0.25, 0.3) is 0 Å². The summed E-state index contributed by atoms with van der Waals surface area (Å²) < 4.78 is 0. The standard InChI is InChI=1S/C10H22N2O.2ClH/c1-5-6-7-12(4)10(13)9(11)8(2)3;;/h8-9H,5-7,11H2,1-4H3;2*1H/t9-;;/m0../s1. The molecule has 0 aliphatic carbocycles. The van der Waals surface area contributed by atoms with E-state index in [4.69, 9.17) is 5.73 Å². The summed E-state index contributed by atoms with van der Waals surface area (Å²) >= 11 is 0. The lowest BCUT2D eigenvalue weighted by atomic mass is 10.0. The molecule has 15 heavy (non-hydrogen) atoms. The van der Waals surface area contributed by atoms with E-state index in [0.717, 1.165) is 19.4 Å². The maximum Gasteiger partial charge on any atom is 0.239 e.